The van der Waals surface area contributed by atoms with Crippen molar-refractivity contribution in [2.45, 2.75) is 46.6 Å². The number of nitrogens with zero attached hydrogens (tertiary/aromatic N) is 3. The normalized spacial score (nSPS) is 12.7. The van der Waals surface area contributed by atoms with Gasteiger partial charge in [-0.15, -0.1) is 5.10 Å². The molecule has 4 nitrogen and oxygen atoms in total. The van der Waals surface area contributed by atoms with Gasteiger partial charge in [0.15, 0.2) is 0 Å². The Morgan fingerprint density at radius 2 is 1.95 bits per heavy atom. The fraction of sp³-hybridized carbons (Fsp3) is 0.467. The third-order valence-electron chi connectivity index (χ3n) is 3.65. The van der Waals surface area contributed by atoms with Gasteiger partial charge in [-0.25, -0.2) is 4.68 Å². The molecule has 1 aromatic heterocycles. The minimum Gasteiger partial charge on any atom is -0.323 e. The van der Waals surface area contributed by atoms with Crippen LogP contribution in [0.1, 0.15) is 48.8 Å². The molecule has 0 aliphatic heterocycles. The lowest BCUT2D eigenvalue weighted by molar-refractivity contribution is 0.665. The molecule has 0 aliphatic rings. The molecule has 0 amide bonds. The Bertz CT molecular complexity index is 572. The van der Waals surface area contributed by atoms with Gasteiger partial charge in [0.05, 0.1) is 17.4 Å². The van der Waals surface area contributed by atoms with E-state index in [1.807, 2.05) is 4.68 Å². The predicted octanol–water partition coefficient (Wildman–Crippen LogP) is 2.86. The molecule has 1 atom stereocenters. The van der Waals surface area contributed by atoms with Crippen LogP contribution >= 0.6 is 0 Å². The number of hydrogen-bond donors (Lipinski definition) is 1. The third kappa shape index (κ3) is 2.54. The van der Waals surface area contributed by atoms with E-state index in [2.05, 4.69) is 56.2 Å². The van der Waals surface area contributed by atoms with Crippen molar-refractivity contribution in [2.75, 3.05) is 0 Å². The smallest absolute Gasteiger partial charge is 0.103 e. The van der Waals surface area contributed by atoms with Crippen LogP contribution in [-0.4, -0.2) is 15.0 Å². The summed E-state index contributed by atoms with van der Waals surface area (Å²) in [6.07, 6.45) is 1.75. The molecule has 19 heavy (non-hydrogen) atoms. The first-order chi connectivity index (χ1) is 9.08. The maximum atomic E-state index is 6.10. The first-order valence-corrected chi connectivity index (χ1v) is 6.86. The van der Waals surface area contributed by atoms with Crippen molar-refractivity contribution in [3.63, 3.8) is 0 Å². The van der Waals surface area contributed by atoms with Gasteiger partial charge in [-0.1, -0.05) is 25.1 Å². The van der Waals surface area contributed by atoms with E-state index >= 15 is 0 Å². The van der Waals surface area contributed by atoms with Crippen LogP contribution in [0.5, 0.6) is 0 Å². The Hall–Kier alpha value is -1.68. The van der Waals surface area contributed by atoms with Crippen molar-refractivity contribution in [3.05, 3.63) is 40.7 Å². The van der Waals surface area contributed by atoms with Gasteiger partial charge in [-0.05, 0) is 49.9 Å². The molecule has 2 rings (SSSR count). The fourth-order valence-electron chi connectivity index (χ4n) is 2.19. The van der Waals surface area contributed by atoms with Gasteiger partial charge < -0.3 is 5.73 Å². The highest BCUT2D eigenvalue weighted by Gasteiger charge is 2.17. The summed E-state index contributed by atoms with van der Waals surface area (Å²) in [5.41, 5.74) is 11.7. The van der Waals surface area contributed by atoms with E-state index in [1.54, 1.807) is 0 Å². The quantitative estimate of drug-likeness (QED) is 0.917. The molecule has 1 unspecified atom stereocenters. The zero-order chi connectivity index (χ0) is 14.0. The first-order valence-electron chi connectivity index (χ1n) is 6.86. The second-order valence-corrected chi connectivity index (χ2v) is 4.97. The van der Waals surface area contributed by atoms with Crippen molar-refractivity contribution in [1.82, 2.24) is 15.0 Å². The highest BCUT2D eigenvalue weighted by atomic mass is 15.4. The maximum Gasteiger partial charge on any atom is 0.103 e. The lowest BCUT2D eigenvalue weighted by Crippen LogP contribution is -2.12. The monoisotopic (exact) mass is 258 g/mol. The van der Waals surface area contributed by atoms with E-state index < -0.39 is 0 Å². The summed E-state index contributed by atoms with van der Waals surface area (Å²) in [6, 6.07) is 6.31. The minimum atomic E-state index is -0.0322. The summed E-state index contributed by atoms with van der Waals surface area (Å²) in [5, 5.41) is 8.56. The third-order valence-corrected chi connectivity index (χ3v) is 3.65. The van der Waals surface area contributed by atoms with Gasteiger partial charge in [-0.2, -0.15) is 0 Å². The molecule has 0 saturated heterocycles. The van der Waals surface area contributed by atoms with Crippen LogP contribution in [0.2, 0.25) is 0 Å². The van der Waals surface area contributed by atoms with Crippen molar-refractivity contribution in [2.24, 2.45) is 5.73 Å². The summed E-state index contributed by atoms with van der Waals surface area (Å²) in [5.74, 6) is 0. The molecule has 1 heterocycles. The molecule has 0 fully saturated rings. The van der Waals surface area contributed by atoms with Crippen LogP contribution in [-0.2, 0) is 6.42 Å². The van der Waals surface area contributed by atoms with Crippen molar-refractivity contribution in [1.29, 1.82) is 0 Å². The molecular weight excluding hydrogens is 236 g/mol. The molecule has 2 aromatic rings. The Morgan fingerprint density at radius 1 is 1.21 bits per heavy atom. The number of aryl methyl sites for hydroxylation is 2. The standard InChI is InChI=1S/C15H22N4/c1-5-13(16)15-14(6-2)19(18-17-15)12-8-7-10(3)11(4)9-12/h7-9,13H,5-6,16H2,1-4H3. The van der Waals surface area contributed by atoms with E-state index in [-0.39, 0.29) is 6.04 Å². The number of aromatic nitrogens is 3. The molecule has 1 aromatic carbocycles. The summed E-state index contributed by atoms with van der Waals surface area (Å²) >= 11 is 0. The Balaban J connectivity index is 2.50. The lowest BCUT2D eigenvalue weighted by atomic mass is 10.1. The topological polar surface area (TPSA) is 56.7 Å². The molecule has 0 bridgehead atoms. The average Bonchev–Trinajstić information content (AvgIpc) is 2.84. The van der Waals surface area contributed by atoms with Crippen LogP contribution in [0.15, 0.2) is 18.2 Å². The SMILES string of the molecule is CCc1c(C(N)CC)nnn1-c1ccc(C)c(C)c1. The largest absolute Gasteiger partial charge is 0.323 e. The van der Waals surface area contributed by atoms with E-state index in [0.29, 0.717) is 0 Å². The van der Waals surface area contributed by atoms with Crippen LogP contribution in [0.25, 0.3) is 5.69 Å². The second kappa shape index (κ2) is 5.53. The highest BCUT2D eigenvalue weighted by molar-refractivity contribution is 5.40. The number of nitrogens with two attached hydrogens (primary N) is 1. The molecule has 102 valence electrons. The zero-order valence-electron chi connectivity index (χ0n) is 12.1. The second-order valence-electron chi connectivity index (χ2n) is 4.97. The Morgan fingerprint density at radius 3 is 2.53 bits per heavy atom. The van der Waals surface area contributed by atoms with Gasteiger partial charge in [0.25, 0.3) is 0 Å². The maximum absolute atomic E-state index is 6.10. The van der Waals surface area contributed by atoms with E-state index in [0.717, 1.165) is 29.9 Å². The molecule has 0 aliphatic carbocycles. The lowest BCUT2D eigenvalue weighted by Gasteiger charge is -2.10. The van der Waals surface area contributed by atoms with Crippen molar-refractivity contribution < 1.29 is 0 Å². The van der Waals surface area contributed by atoms with E-state index in [4.69, 9.17) is 5.73 Å². The zero-order valence-corrected chi connectivity index (χ0v) is 12.1. The van der Waals surface area contributed by atoms with Crippen LogP contribution in [0.4, 0.5) is 0 Å². The van der Waals surface area contributed by atoms with Gasteiger partial charge >= 0.3 is 0 Å². The summed E-state index contributed by atoms with van der Waals surface area (Å²) in [6.45, 7) is 8.40. The molecule has 2 N–H and O–H groups in total. The number of rotatable bonds is 4. The van der Waals surface area contributed by atoms with Crippen molar-refractivity contribution in [3.8, 4) is 5.69 Å². The van der Waals surface area contributed by atoms with Crippen LogP contribution in [0.3, 0.4) is 0 Å². The number of benzene rings is 1. The van der Waals surface area contributed by atoms with Crippen LogP contribution in [0, 0.1) is 13.8 Å². The molecular formula is C15H22N4. The Labute approximate surface area is 114 Å². The predicted molar refractivity (Wildman–Crippen MR) is 77.4 cm³/mol. The van der Waals surface area contributed by atoms with Crippen molar-refractivity contribution >= 4 is 0 Å². The van der Waals surface area contributed by atoms with Gasteiger partial charge in [0.1, 0.15) is 5.69 Å². The van der Waals surface area contributed by atoms with E-state index in [1.165, 1.54) is 11.1 Å². The Kier molecular flexibility index (Phi) is 4.00. The summed E-state index contributed by atoms with van der Waals surface area (Å²) in [4.78, 5) is 0. The minimum absolute atomic E-state index is 0.0322. The number of hydrogen-bond acceptors (Lipinski definition) is 3. The summed E-state index contributed by atoms with van der Waals surface area (Å²) < 4.78 is 1.91. The molecule has 0 saturated carbocycles. The van der Waals surface area contributed by atoms with E-state index in [9.17, 15) is 0 Å². The summed E-state index contributed by atoms with van der Waals surface area (Å²) in [7, 11) is 0. The van der Waals surface area contributed by atoms with Crippen LogP contribution < -0.4 is 5.73 Å². The van der Waals surface area contributed by atoms with Gasteiger partial charge in [0, 0.05) is 0 Å². The molecule has 0 spiro atoms. The van der Waals surface area contributed by atoms with Gasteiger partial charge in [0.2, 0.25) is 0 Å². The molecule has 0 radical (unpaired) electrons. The average molecular weight is 258 g/mol. The van der Waals surface area contributed by atoms with Gasteiger partial charge in [-0.3, -0.25) is 0 Å². The first kappa shape index (κ1) is 13.7. The fourth-order valence-corrected chi connectivity index (χ4v) is 2.19. The highest BCUT2D eigenvalue weighted by Crippen LogP contribution is 2.21. The molecule has 4 heteroatoms.